The molecule has 0 fully saturated rings. The highest BCUT2D eigenvalue weighted by molar-refractivity contribution is 6.32. The third-order valence-electron chi connectivity index (χ3n) is 3.07. The molecular formula is C16H12ClNO. The first kappa shape index (κ1) is 12.0. The van der Waals surface area contributed by atoms with Crippen molar-refractivity contribution in [3.8, 4) is 16.9 Å². The van der Waals surface area contributed by atoms with Gasteiger partial charge in [-0.2, -0.15) is 0 Å². The Morgan fingerprint density at radius 3 is 2.53 bits per heavy atom. The zero-order valence-corrected chi connectivity index (χ0v) is 11.2. The number of fused-ring (bicyclic) bond motifs is 1. The molecule has 94 valence electrons. The molecule has 1 aromatic heterocycles. The smallest absolute Gasteiger partial charge is 0.145 e. The zero-order chi connectivity index (χ0) is 13.2. The second kappa shape index (κ2) is 4.90. The number of rotatable bonds is 2. The number of methoxy groups -OCH3 is 1. The number of nitrogens with zero attached hydrogens (tertiary/aromatic N) is 1. The molecule has 0 unspecified atom stereocenters. The lowest BCUT2D eigenvalue weighted by atomic mass is 10.1. The van der Waals surface area contributed by atoms with E-state index in [2.05, 4.69) is 4.98 Å². The summed E-state index contributed by atoms with van der Waals surface area (Å²) in [7, 11) is 1.63. The fourth-order valence-electron chi connectivity index (χ4n) is 2.13. The molecule has 0 aliphatic carbocycles. The van der Waals surface area contributed by atoms with Gasteiger partial charge in [-0.3, -0.25) is 0 Å². The minimum absolute atomic E-state index is 0.489. The van der Waals surface area contributed by atoms with E-state index in [1.165, 1.54) is 0 Å². The lowest BCUT2D eigenvalue weighted by Crippen LogP contribution is -1.90. The Kier molecular flexibility index (Phi) is 3.10. The first-order valence-electron chi connectivity index (χ1n) is 5.98. The molecule has 0 N–H and O–H groups in total. The van der Waals surface area contributed by atoms with Crippen LogP contribution in [-0.4, -0.2) is 12.1 Å². The van der Waals surface area contributed by atoms with Crippen LogP contribution in [0.4, 0.5) is 0 Å². The largest absolute Gasteiger partial charge is 0.494 e. The van der Waals surface area contributed by atoms with Gasteiger partial charge in [0.1, 0.15) is 16.4 Å². The van der Waals surface area contributed by atoms with Crippen LogP contribution in [0, 0.1) is 0 Å². The topological polar surface area (TPSA) is 22.1 Å². The number of hydrogen-bond acceptors (Lipinski definition) is 2. The van der Waals surface area contributed by atoms with Gasteiger partial charge in [-0.1, -0.05) is 54.1 Å². The van der Waals surface area contributed by atoms with Crippen molar-refractivity contribution in [3.63, 3.8) is 0 Å². The normalized spacial score (nSPS) is 10.6. The Morgan fingerprint density at radius 2 is 1.79 bits per heavy atom. The summed E-state index contributed by atoms with van der Waals surface area (Å²) in [6.45, 7) is 0. The fraction of sp³-hybridized carbons (Fsp3) is 0.0625. The van der Waals surface area contributed by atoms with Gasteiger partial charge in [0, 0.05) is 10.9 Å². The minimum atomic E-state index is 0.489. The summed E-state index contributed by atoms with van der Waals surface area (Å²) in [6.07, 6.45) is 0. The van der Waals surface area contributed by atoms with Gasteiger partial charge in [-0.15, -0.1) is 0 Å². The Bertz CT molecular complexity index is 725. The standard InChI is InChI=1S/C16H12ClNO/c1-19-14-9-5-8-12-10-13(16(17)18-15(12)14)11-6-3-2-4-7-11/h2-10H,1H3. The maximum Gasteiger partial charge on any atom is 0.145 e. The molecule has 0 spiro atoms. The summed E-state index contributed by atoms with van der Waals surface area (Å²) >= 11 is 6.30. The third-order valence-corrected chi connectivity index (χ3v) is 3.36. The molecule has 3 rings (SSSR count). The second-order valence-electron chi connectivity index (χ2n) is 4.22. The van der Waals surface area contributed by atoms with Gasteiger partial charge in [0.2, 0.25) is 0 Å². The number of halogens is 1. The van der Waals surface area contributed by atoms with Crippen LogP contribution in [0.5, 0.6) is 5.75 Å². The Labute approximate surface area is 116 Å². The van der Waals surface area contributed by atoms with E-state index in [-0.39, 0.29) is 0 Å². The SMILES string of the molecule is COc1cccc2cc(-c3ccccc3)c(Cl)nc12. The first-order chi connectivity index (χ1) is 9.29. The number of hydrogen-bond donors (Lipinski definition) is 0. The van der Waals surface area contributed by atoms with Crippen LogP contribution in [0.25, 0.3) is 22.0 Å². The summed E-state index contributed by atoms with van der Waals surface area (Å²) < 4.78 is 5.31. The van der Waals surface area contributed by atoms with Gasteiger partial charge in [-0.05, 0) is 17.7 Å². The number of pyridine rings is 1. The highest BCUT2D eigenvalue weighted by Crippen LogP contribution is 2.32. The molecule has 1 heterocycles. The van der Waals surface area contributed by atoms with Crippen molar-refractivity contribution < 1.29 is 4.74 Å². The lowest BCUT2D eigenvalue weighted by Gasteiger charge is -2.09. The maximum atomic E-state index is 6.30. The molecule has 2 nitrogen and oxygen atoms in total. The van der Waals surface area contributed by atoms with Gasteiger partial charge in [0.25, 0.3) is 0 Å². The van der Waals surface area contributed by atoms with Crippen LogP contribution >= 0.6 is 11.6 Å². The molecule has 0 amide bonds. The van der Waals surface area contributed by atoms with Crippen molar-refractivity contribution in [1.82, 2.24) is 4.98 Å². The van der Waals surface area contributed by atoms with E-state index < -0.39 is 0 Å². The van der Waals surface area contributed by atoms with E-state index in [4.69, 9.17) is 16.3 Å². The van der Waals surface area contributed by atoms with Crippen LogP contribution in [0.1, 0.15) is 0 Å². The predicted molar refractivity (Wildman–Crippen MR) is 78.7 cm³/mol. The van der Waals surface area contributed by atoms with Crippen LogP contribution in [0.2, 0.25) is 5.15 Å². The number of para-hydroxylation sites is 1. The summed E-state index contributed by atoms with van der Waals surface area (Å²) in [6, 6.07) is 17.9. The van der Waals surface area contributed by atoms with E-state index in [0.29, 0.717) is 5.15 Å². The molecular weight excluding hydrogens is 258 g/mol. The van der Waals surface area contributed by atoms with Crippen molar-refractivity contribution in [1.29, 1.82) is 0 Å². The van der Waals surface area contributed by atoms with Crippen molar-refractivity contribution >= 4 is 22.5 Å². The van der Waals surface area contributed by atoms with Gasteiger partial charge in [0.05, 0.1) is 7.11 Å². The second-order valence-corrected chi connectivity index (χ2v) is 4.58. The molecule has 0 saturated heterocycles. The van der Waals surface area contributed by atoms with E-state index in [1.54, 1.807) is 7.11 Å². The monoisotopic (exact) mass is 269 g/mol. The van der Waals surface area contributed by atoms with Crippen molar-refractivity contribution in [2.24, 2.45) is 0 Å². The molecule has 3 aromatic rings. The Morgan fingerprint density at radius 1 is 1.00 bits per heavy atom. The summed E-state index contributed by atoms with van der Waals surface area (Å²) in [5.74, 6) is 0.735. The zero-order valence-electron chi connectivity index (χ0n) is 10.4. The summed E-state index contributed by atoms with van der Waals surface area (Å²) in [5.41, 5.74) is 2.78. The molecule has 0 aliphatic heterocycles. The summed E-state index contributed by atoms with van der Waals surface area (Å²) in [4.78, 5) is 4.46. The third kappa shape index (κ3) is 2.15. The van der Waals surface area contributed by atoms with Gasteiger partial charge >= 0.3 is 0 Å². The van der Waals surface area contributed by atoms with E-state index in [0.717, 1.165) is 27.8 Å². The molecule has 0 saturated carbocycles. The average Bonchev–Trinajstić information content (AvgIpc) is 2.47. The predicted octanol–water partition coefficient (Wildman–Crippen LogP) is 4.56. The van der Waals surface area contributed by atoms with Crippen LogP contribution in [0.3, 0.4) is 0 Å². The molecule has 0 radical (unpaired) electrons. The molecule has 0 atom stereocenters. The van der Waals surface area contributed by atoms with Crippen molar-refractivity contribution in [2.45, 2.75) is 0 Å². The van der Waals surface area contributed by atoms with Crippen molar-refractivity contribution in [2.75, 3.05) is 7.11 Å². The average molecular weight is 270 g/mol. The highest BCUT2D eigenvalue weighted by atomic mass is 35.5. The molecule has 2 aromatic carbocycles. The fourth-order valence-corrected chi connectivity index (χ4v) is 2.38. The number of aromatic nitrogens is 1. The Hall–Kier alpha value is -2.06. The van der Waals surface area contributed by atoms with Gasteiger partial charge in [0.15, 0.2) is 0 Å². The van der Waals surface area contributed by atoms with Gasteiger partial charge < -0.3 is 4.74 Å². The van der Waals surface area contributed by atoms with Crippen molar-refractivity contribution in [3.05, 3.63) is 59.8 Å². The molecule has 3 heteroatoms. The van der Waals surface area contributed by atoms with Crippen LogP contribution < -0.4 is 4.74 Å². The lowest BCUT2D eigenvalue weighted by molar-refractivity contribution is 0.419. The van der Waals surface area contributed by atoms with E-state index >= 15 is 0 Å². The van der Waals surface area contributed by atoms with Crippen LogP contribution in [-0.2, 0) is 0 Å². The summed E-state index contributed by atoms with van der Waals surface area (Å²) in [5, 5.41) is 1.51. The molecule has 0 aliphatic rings. The number of ether oxygens (including phenoxy) is 1. The highest BCUT2D eigenvalue weighted by Gasteiger charge is 2.09. The van der Waals surface area contributed by atoms with E-state index in [9.17, 15) is 0 Å². The number of benzene rings is 2. The first-order valence-corrected chi connectivity index (χ1v) is 6.36. The van der Waals surface area contributed by atoms with Crippen LogP contribution in [0.15, 0.2) is 54.6 Å². The Balaban J connectivity index is 2.26. The molecule has 19 heavy (non-hydrogen) atoms. The maximum absolute atomic E-state index is 6.30. The van der Waals surface area contributed by atoms with E-state index in [1.807, 2.05) is 54.6 Å². The minimum Gasteiger partial charge on any atom is -0.494 e. The molecule has 0 bridgehead atoms. The van der Waals surface area contributed by atoms with Gasteiger partial charge in [-0.25, -0.2) is 4.98 Å². The quantitative estimate of drug-likeness (QED) is 0.636.